The molecule has 0 radical (unpaired) electrons. The Labute approximate surface area is 158 Å². The van der Waals surface area contributed by atoms with Crippen molar-refractivity contribution in [3.63, 3.8) is 0 Å². The number of hydrogen-bond acceptors (Lipinski definition) is 5. The maximum Gasteiger partial charge on any atom is 0.330 e. The average molecular weight is 362 g/mol. The van der Waals surface area contributed by atoms with Crippen molar-refractivity contribution in [1.29, 1.82) is 0 Å². The molecule has 1 heterocycles. The summed E-state index contributed by atoms with van der Waals surface area (Å²) in [5.41, 5.74) is 3.90. The number of carbonyl (C=O) groups is 1. The van der Waals surface area contributed by atoms with E-state index >= 15 is 0 Å². The van der Waals surface area contributed by atoms with Crippen LogP contribution in [0, 0.1) is 0 Å². The molecule has 0 aliphatic carbocycles. The highest BCUT2D eigenvalue weighted by Gasteiger charge is 2.15. The van der Waals surface area contributed by atoms with E-state index in [1.54, 1.807) is 0 Å². The van der Waals surface area contributed by atoms with Gasteiger partial charge in [0, 0.05) is 17.2 Å². The van der Waals surface area contributed by atoms with Gasteiger partial charge in [-0.05, 0) is 40.8 Å². The molecule has 2 aromatic carbocycles. The number of rotatable bonds is 5. The zero-order chi connectivity index (χ0) is 19.4. The number of nitrogens with zero attached hydrogens (tertiary/aromatic N) is 2. The predicted octanol–water partition coefficient (Wildman–Crippen LogP) is 4.93. The molecule has 0 bridgehead atoms. The van der Waals surface area contributed by atoms with Crippen molar-refractivity contribution in [3.05, 3.63) is 72.3 Å². The van der Waals surface area contributed by atoms with E-state index in [4.69, 9.17) is 9.15 Å². The molecule has 0 aliphatic rings. The van der Waals surface area contributed by atoms with Gasteiger partial charge in [0.05, 0.1) is 0 Å². The highest BCUT2D eigenvalue weighted by Crippen LogP contribution is 2.27. The summed E-state index contributed by atoms with van der Waals surface area (Å²) in [5, 5.41) is 8.29. The molecule has 0 saturated heterocycles. The fraction of sp³-hybridized carbons (Fsp3) is 0.227. The third-order valence-electron chi connectivity index (χ3n) is 4.17. The summed E-state index contributed by atoms with van der Waals surface area (Å²) in [5.74, 6) is 0.479. The fourth-order valence-corrected chi connectivity index (χ4v) is 2.53. The largest absolute Gasteiger partial charge is 0.458 e. The number of carbonyl (C=O) groups excluding carboxylic acids is 1. The van der Waals surface area contributed by atoms with E-state index in [1.807, 2.05) is 36.4 Å². The highest BCUT2D eigenvalue weighted by molar-refractivity contribution is 5.81. The van der Waals surface area contributed by atoms with Crippen LogP contribution in [0.5, 0.6) is 0 Å². The molecule has 0 N–H and O–H groups in total. The van der Waals surface area contributed by atoms with Crippen molar-refractivity contribution in [3.8, 4) is 22.9 Å². The maximum absolute atomic E-state index is 11.1. The van der Waals surface area contributed by atoms with Crippen LogP contribution in [-0.4, -0.2) is 16.2 Å². The Bertz CT molecular complexity index is 933. The van der Waals surface area contributed by atoms with Crippen LogP contribution in [0.3, 0.4) is 0 Å². The SMILES string of the molecule is C=CC(=O)OCc1ccc(-c2nnc(-c3ccc(C(C)(C)C)cc3)o2)cc1. The molecule has 0 spiro atoms. The van der Waals surface area contributed by atoms with E-state index in [2.05, 4.69) is 49.7 Å². The number of ether oxygens (including phenoxy) is 1. The van der Waals surface area contributed by atoms with Crippen molar-refractivity contribution in [2.45, 2.75) is 32.8 Å². The number of aromatic nitrogens is 2. The molecular weight excluding hydrogens is 340 g/mol. The van der Waals surface area contributed by atoms with Crippen LogP contribution in [0.25, 0.3) is 22.9 Å². The molecule has 0 unspecified atom stereocenters. The second-order valence-corrected chi connectivity index (χ2v) is 7.25. The molecule has 27 heavy (non-hydrogen) atoms. The smallest absolute Gasteiger partial charge is 0.330 e. The summed E-state index contributed by atoms with van der Waals surface area (Å²) < 4.78 is 10.8. The fourth-order valence-electron chi connectivity index (χ4n) is 2.53. The zero-order valence-electron chi connectivity index (χ0n) is 15.7. The standard InChI is InChI=1S/C22H22N2O3/c1-5-19(25)26-14-15-6-8-16(9-7-15)20-23-24-21(27-20)17-10-12-18(13-11-17)22(2,3)4/h5-13H,1,14H2,2-4H3. The first-order valence-corrected chi connectivity index (χ1v) is 8.70. The lowest BCUT2D eigenvalue weighted by Crippen LogP contribution is -2.10. The molecule has 3 aromatic rings. The number of esters is 1. The molecule has 138 valence electrons. The molecule has 0 amide bonds. The van der Waals surface area contributed by atoms with Crippen LogP contribution in [0.1, 0.15) is 31.9 Å². The third kappa shape index (κ3) is 4.50. The predicted molar refractivity (Wildman–Crippen MR) is 104 cm³/mol. The van der Waals surface area contributed by atoms with Gasteiger partial charge in [-0.3, -0.25) is 0 Å². The Morgan fingerprint density at radius 1 is 1.00 bits per heavy atom. The zero-order valence-corrected chi connectivity index (χ0v) is 15.7. The van der Waals surface area contributed by atoms with Gasteiger partial charge in [0.15, 0.2) is 0 Å². The van der Waals surface area contributed by atoms with Gasteiger partial charge in [0.25, 0.3) is 0 Å². The summed E-state index contributed by atoms with van der Waals surface area (Å²) in [6, 6.07) is 15.6. The first kappa shape index (κ1) is 18.6. The summed E-state index contributed by atoms with van der Waals surface area (Å²) in [6.45, 7) is 10.1. The van der Waals surface area contributed by atoms with Crippen LogP contribution in [0.2, 0.25) is 0 Å². The minimum Gasteiger partial charge on any atom is -0.458 e. The van der Waals surface area contributed by atoms with Gasteiger partial charge in [0.1, 0.15) is 6.61 Å². The topological polar surface area (TPSA) is 65.2 Å². The first-order chi connectivity index (χ1) is 12.9. The second-order valence-electron chi connectivity index (χ2n) is 7.25. The first-order valence-electron chi connectivity index (χ1n) is 8.70. The minimum atomic E-state index is -0.446. The summed E-state index contributed by atoms with van der Waals surface area (Å²) in [6.07, 6.45) is 1.14. The summed E-state index contributed by atoms with van der Waals surface area (Å²) >= 11 is 0. The van der Waals surface area contributed by atoms with Gasteiger partial charge >= 0.3 is 5.97 Å². The Morgan fingerprint density at radius 2 is 1.52 bits per heavy atom. The number of hydrogen-bond donors (Lipinski definition) is 0. The molecule has 0 fully saturated rings. The molecule has 1 aromatic heterocycles. The number of benzene rings is 2. The second kappa shape index (κ2) is 7.58. The third-order valence-corrected chi connectivity index (χ3v) is 4.17. The van der Waals surface area contributed by atoms with Gasteiger partial charge in [-0.15, -0.1) is 10.2 Å². The van der Waals surface area contributed by atoms with Gasteiger partial charge in [-0.25, -0.2) is 4.79 Å². The molecular formula is C22H22N2O3. The lowest BCUT2D eigenvalue weighted by atomic mass is 9.87. The van der Waals surface area contributed by atoms with Gasteiger partial charge in [0.2, 0.25) is 11.8 Å². The molecule has 0 saturated carbocycles. The van der Waals surface area contributed by atoms with Gasteiger partial charge in [-0.2, -0.15) is 0 Å². The Morgan fingerprint density at radius 3 is 2.00 bits per heavy atom. The van der Waals surface area contributed by atoms with E-state index in [0.29, 0.717) is 11.8 Å². The molecule has 5 nitrogen and oxygen atoms in total. The van der Waals surface area contributed by atoms with Crippen molar-refractivity contribution >= 4 is 5.97 Å². The highest BCUT2D eigenvalue weighted by atomic mass is 16.5. The lowest BCUT2D eigenvalue weighted by Gasteiger charge is -2.18. The van der Waals surface area contributed by atoms with E-state index in [1.165, 1.54) is 5.56 Å². The van der Waals surface area contributed by atoms with Gasteiger partial charge < -0.3 is 9.15 Å². The minimum absolute atomic E-state index is 0.0975. The van der Waals surface area contributed by atoms with Gasteiger partial charge in [-0.1, -0.05) is 51.6 Å². The average Bonchev–Trinajstić information content (AvgIpc) is 3.16. The molecule has 5 heteroatoms. The van der Waals surface area contributed by atoms with Crippen molar-refractivity contribution in [2.75, 3.05) is 0 Å². The van der Waals surface area contributed by atoms with E-state index < -0.39 is 5.97 Å². The quantitative estimate of drug-likeness (QED) is 0.475. The summed E-state index contributed by atoms with van der Waals surface area (Å²) in [7, 11) is 0. The van der Waals surface area contributed by atoms with Crippen LogP contribution in [0.15, 0.2) is 65.6 Å². The Kier molecular flexibility index (Phi) is 5.21. The van der Waals surface area contributed by atoms with Crippen molar-refractivity contribution in [1.82, 2.24) is 10.2 Å². The maximum atomic E-state index is 11.1. The Hall–Kier alpha value is -3.21. The lowest BCUT2D eigenvalue weighted by molar-refractivity contribution is -0.138. The Balaban J connectivity index is 1.73. The van der Waals surface area contributed by atoms with Crippen molar-refractivity contribution in [2.24, 2.45) is 0 Å². The van der Waals surface area contributed by atoms with Crippen LogP contribution < -0.4 is 0 Å². The van der Waals surface area contributed by atoms with E-state index in [0.717, 1.165) is 22.8 Å². The van der Waals surface area contributed by atoms with Crippen LogP contribution in [0.4, 0.5) is 0 Å². The van der Waals surface area contributed by atoms with E-state index in [-0.39, 0.29) is 12.0 Å². The van der Waals surface area contributed by atoms with E-state index in [9.17, 15) is 4.79 Å². The van der Waals surface area contributed by atoms with Crippen LogP contribution >= 0.6 is 0 Å². The summed E-state index contributed by atoms with van der Waals surface area (Å²) in [4.78, 5) is 11.1. The normalized spacial score (nSPS) is 11.2. The van der Waals surface area contributed by atoms with Crippen LogP contribution in [-0.2, 0) is 21.6 Å². The molecule has 3 rings (SSSR count). The van der Waals surface area contributed by atoms with Crippen molar-refractivity contribution < 1.29 is 13.9 Å². The molecule has 0 atom stereocenters. The molecule has 0 aliphatic heterocycles. The monoisotopic (exact) mass is 362 g/mol.